The van der Waals surface area contributed by atoms with Gasteiger partial charge in [-0.2, -0.15) is 0 Å². The maximum absolute atomic E-state index is 12.3. The lowest BCUT2D eigenvalue weighted by atomic mass is 9.83. The molecule has 0 spiro atoms. The second-order valence-electron chi connectivity index (χ2n) is 7.61. The van der Waals surface area contributed by atoms with Crippen LogP contribution < -0.4 is 11.1 Å². The van der Waals surface area contributed by atoms with E-state index in [2.05, 4.69) is 21.0 Å². The van der Waals surface area contributed by atoms with Gasteiger partial charge in [0.05, 0.1) is 5.69 Å². The van der Waals surface area contributed by atoms with Crippen molar-refractivity contribution in [2.45, 2.75) is 32.4 Å². The summed E-state index contributed by atoms with van der Waals surface area (Å²) in [5.41, 5.74) is 3.56. The van der Waals surface area contributed by atoms with Crippen molar-refractivity contribution in [2.24, 2.45) is 5.92 Å². The molecule has 26 heavy (non-hydrogen) atoms. The maximum Gasteiger partial charge on any atom is 0.272 e. The van der Waals surface area contributed by atoms with Gasteiger partial charge in [-0.1, -0.05) is 6.07 Å². The quantitative estimate of drug-likeness (QED) is 0.751. The first-order valence-corrected chi connectivity index (χ1v) is 9.07. The maximum atomic E-state index is 12.3. The molecule has 2 aliphatic heterocycles. The standard InChI is InChI=1S/C19H21N5O2/c1-12-5-17-20-15(7-19(26)24(17)21-12)11-22-8-13-6-14(10-22)16-3-2-4-18(25)23(16)9-13/h2-5,7,13-14,21H,6,8-11H2,1H3/t13-,14+/m1/s1. The lowest BCUT2D eigenvalue weighted by Crippen LogP contribution is -2.46. The highest BCUT2D eigenvalue weighted by Crippen LogP contribution is 2.35. The topological polar surface area (TPSA) is 75.4 Å². The van der Waals surface area contributed by atoms with Crippen LogP contribution in [0.2, 0.25) is 0 Å². The van der Waals surface area contributed by atoms with E-state index in [-0.39, 0.29) is 11.1 Å². The third-order valence-electron chi connectivity index (χ3n) is 5.57. The van der Waals surface area contributed by atoms with Gasteiger partial charge in [-0.25, -0.2) is 9.50 Å². The summed E-state index contributed by atoms with van der Waals surface area (Å²) in [7, 11) is 0. The molecule has 0 aliphatic carbocycles. The summed E-state index contributed by atoms with van der Waals surface area (Å²) in [5, 5.41) is 3.00. The molecule has 0 saturated carbocycles. The molecule has 3 aromatic heterocycles. The van der Waals surface area contributed by atoms with Crippen molar-refractivity contribution in [3.63, 3.8) is 0 Å². The average molecular weight is 351 g/mol. The molecule has 0 aromatic carbocycles. The van der Waals surface area contributed by atoms with Crippen LogP contribution in [-0.4, -0.2) is 37.2 Å². The van der Waals surface area contributed by atoms with E-state index in [1.165, 1.54) is 4.52 Å². The number of rotatable bonds is 2. The van der Waals surface area contributed by atoms with E-state index in [1.54, 1.807) is 12.1 Å². The van der Waals surface area contributed by atoms with E-state index in [1.807, 2.05) is 23.6 Å². The minimum atomic E-state index is -0.0767. The molecule has 2 atom stereocenters. The molecular formula is C19H21N5O2. The van der Waals surface area contributed by atoms with Gasteiger partial charge in [-0.3, -0.25) is 19.6 Å². The van der Waals surface area contributed by atoms with Crippen molar-refractivity contribution in [2.75, 3.05) is 13.1 Å². The third kappa shape index (κ3) is 2.50. The van der Waals surface area contributed by atoms with Gasteiger partial charge in [0.2, 0.25) is 0 Å². The van der Waals surface area contributed by atoms with Gasteiger partial charge in [0.15, 0.2) is 5.65 Å². The fraction of sp³-hybridized carbons (Fsp3) is 0.421. The predicted octanol–water partition coefficient (Wildman–Crippen LogP) is 1.11. The Morgan fingerprint density at radius 3 is 2.92 bits per heavy atom. The van der Waals surface area contributed by atoms with E-state index in [0.29, 0.717) is 24.0 Å². The van der Waals surface area contributed by atoms with Crippen LogP contribution >= 0.6 is 0 Å². The third-order valence-corrected chi connectivity index (χ3v) is 5.57. The van der Waals surface area contributed by atoms with Gasteiger partial charge in [0.1, 0.15) is 0 Å². The van der Waals surface area contributed by atoms with E-state index < -0.39 is 0 Å². The molecule has 7 nitrogen and oxygen atoms in total. The SMILES string of the molecule is Cc1cc2nc(CN3C[C@H]4C[C@@H](C3)c3cccc(=O)n3C4)cc(=O)n2[nH]1. The summed E-state index contributed by atoms with van der Waals surface area (Å²) in [6, 6.07) is 9.08. The molecule has 1 saturated heterocycles. The Morgan fingerprint density at radius 1 is 1.15 bits per heavy atom. The van der Waals surface area contributed by atoms with E-state index in [9.17, 15) is 9.59 Å². The summed E-state index contributed by atoms with van der Waals surface area (Å²) < 4.78 is 3.42. The fourth-order valence-electron chi connectivity index (χ4n) is 4.60. The number of aryl methyl sites for hydroxylation is 1. The lowest BCUT2D eigenvalue weighted by molar-refractivity contribution is 0.113. The van der Waals surface area contributed by atoms with Gasteiger partial charge in [-0.05, 0) is 25.3 Å². The zero-order valence-corrected chi connectivity index (χ0v) is 14.7. The zero-order valence-electron chi connectivity index (χ0n) is 14.7. The van der Waals surface area contributed by atoms with Crippen LogP contribution in [0.1, 0.15) is 29.4 Å². The Bertz CT molecular complexity index is 1110. The van der Waals surface area contributed by atoms with Crippen molar-refractivity contribution in [1.82, 2.24) is 24.1 Å². The Labute approximate surface area is 149 Å². The fourth-order valence-corrected chi connectivity index (χ4v) is 4.60. The van der Waals surface area contributed by atoms with Gasteiger partial charge in [0.25, 0.3) is 11.1 Å². The highest BCUT2D eigenvalue weighted by atomic mass is 16.1. The second kappa shape index (κ2) is 5.67. The molecule has 3 aromatic rings. The molecule has 2 aliphatic rings. The van der Waals surface area contributed by atoms with Crippen LogP contribution in [0.3, 0.4) is 0 Å². The lowest BCUT2D eigenvalue weighted by Gasteiger charge is -2.42. The largest absolute Gasteiger partial charge is 0.312 e. The molecule has 1 fully saturated rings. The minimum absolute atomic E-state index is 0.0767. The first-order chi connectivity index (χ1) is 12.6. The number of nitrogens with one attached hydrogen (secondary N) is 1. The predicted molar refractivity (Wildman–Crippen MR) is 97.4 cm³/mol. The number of H-pyrrole nitrogens is 1. The summed E-state index contributed by atoms with van der Waals surface area (Å²) in [6.45, 7) is 5.20. The second-order valence-corrected chi connectivity index (χ2v) is 7.61. The Kier molecular flexibility index (Phi) is 3.40. The number of pyridine rings is 1. The van der Waals surface area contributed by atoms with Crippen LogP contribution in [0.15, 0.2) is 39.9 Å². The first-order valence-electron chi connectivity index (χ1n) is 9.07. The number of fused-ring (bicyclic) bond motifs is 5. The highest BCUT2D eigenvalue weighted by molar-refractivity contribution is 5.39. The molecule has 134 valence electrons. The van der Waals surface area contributed by atoms with Gasteiger partial charge in [-0.15, -0.1) is 0 Å². The van der Waals surface area contributed by atoms with Crippen molar-refractivity contribution >= 4 is 5.65 Å². The highest BCUT2D eigenvalue weighted by Gasteiger charge is 2.34. The zero-order chi connectivity index (χ0) is 17.8. The van der Waals surface area contributed by atoms with Crippen LogP contribution in [0, 0.1) is 12.8 Å². The van der Waals surface area contributed by atoms with Gasteiger partial charge in [0, 0.05) is 61.7 Å². The van der Waals surface area contributed by atoms with E-state index >= 15 is 0 Å². The molecule has 5 heterocycles. The minimum Gasteiger partial charge on any atom is -0.312 e. The smallest absolute Gasteiger partial charge is 0.272 e. The monoisotopic (exact) mass is 351 g/mol. The summed E-state index contributed by atoms with van der Waals surface area (Å²) in [6.07, 6.45) is 1.13. The number of likely N-dealkylation sites (tertiary alicyclic amines) is 1. The van der Waals surface area contributed by atoms with Crippen molar-refractivity contribution in [3.05, 3.63) is 68.1 Å². The normalized spacial score (nSPS) is 22.5. The molecule has 5 rings (SSSR count). The average Bonchev–Trinajstić information content (AvgIpc) is 2.97. The van der Waals surface area contributed by atoms with Crippen LogP contribution in [0.25, 0.3) is 5.65 Å². The molecule has 2 bridgehead atoms. The number of aromatic nitrogens is 4. The van der Waals surface area contributed by atoms with Crippen molar-refractivity contribution < 1.29 is 0 Å². The van der Waals surface area contributed by atoms with E-state index in [0.717, 1.165) is 43.1 Å². The number of nitrogens with zero attached hydrogens (tertiary/aromatic N) is 4. The number of hydrogen-bond acceptors (Lipinski definition) is 4. The van der Waals surface area contributed by atoms with Crippen LogP contribution in [0.4, 0.5) is 0 Å². The summed E-state index contributed by atoms with van der Waals surface area (Å²) >= 11 is 0. The summed E-state index contributed by atoms with van der Waals surface area (Å²) in [5.74, 6) is 0.844. The summed E-state index contributed by atoms with van der Waals surface area (Å²) in [4.78, 5) is 31.4. The van der Waals surface area contributed by atoms with Gasteiger partial charge >= 0.3 is 0 Å². The molecule has 1 N–H and O–H groups in total. The number of aromatic amines is 1. The van der Waals surface area contributed by atoms with Crippen molar-refractivity contribution in [1.29, 1.82) is 0 Å². The Hall–Kier alpha value is -2.67. The number of hydrogen-bond donors (Lipinski definition) is 1. The van der Waals surface area contributed by atoms with Crippen LogP contribution in [0.5, 0.6) is 0 Å². The first kappa shape index (κ1) is 15.6. The van der Waals surface area contributed by atoms with Crippen LogP contribution in [-0.2, 0) is 13.1 Å². The molecular weight excluding hydrogens is 330 g/mol. The Morgan fingerprint density at radius 2 is 2.04 bits per heavy atom. The van der Waals surface area contributed by atoms with Gasteiger partial charge < -0.3 is 4.57 Å². The number of piperidine rings is 1. The molecule has 0 unspecified atom stereocenters. The van der Waals surface area contributed by atoms with Crippen molar-refractivity contribution in [3.8, 4) is 0 Å². The molecule has 7 heteroatoms. The Balaban J connectivity index is 1.43. The molecule has 0 radical (unpaired) electrons. The molecule has 0 amide bonds. The van der Waals surface area contributed by atoms with E-state index in [4.69, 9.17) is 0 Å².